The number of carboxylic acids is 1. The maximum Gasteiger partial charge on any atom is 0.304 e. The molecule has 8 heavy (non-hydrogen) atoms. The fourth-order valence-electron chi connectivity index (χ4n) is 0.180. The van der Waals surface area contributed by atoms with Crippen LogP contribution in [0.3, 0.4) is 0 Å². The monoisotopic (exact) mass is 201 g/mol. The van der Waals surface area contributed by atoms with E-state index in [1.807, 2.05) is 0 Å². The van der Waals surface area contributed by atoms with Crippen LogP contribution in [0.15, 0.2) is 0 Å². The van der Waals surface area contributed by atoms with Crippen LogP contribution in [0.1, 0.15) is 6.42 Å². The van der Waals surface area contributed by atoms with E-state index in [1.165, 1.54) is 0 Å². The summed E-state index contributed by atoms with van der Waals surface area (Å²) in [6.45, 7) is 0.302. The summed E-state index contributed by atoms with van der Waals surface area (Å²) in [4.78, 5) is 9.80. The topological polar surface area (TPSA) is 40.5 Å². The van der Waals surface area contributed by atoms with Crippen molar-refractivity contribution in [1.29, 1.82) is 0 Å². The number of aliphatic carboxylic acids is 1. The molecule has 0 rings (SSSR count). The lowest BCUT2D eigenvalue weighted by molar-refractivity contribution is -0.136. The van der Waals surface area contributed by atoms with Crippen molar-refractivity contribution in [3.63, 3.8) is 0 Å². The Bertz CT molecular complexity index is 87.4. The Labute approximate surface area is 60.7 Å². The molecule has 48 valence electrons. The summed E-state index contributed by atoms with van der Waals surface area (Å²) in [7, 11) is 0. The average molecular weight is 202 g/mol. The van der Waals surface area contributed by atoms with Gasteiger partial charge in [0.25, 0.3) is 0 Å². The second-order valence-electron chi connectivity index (χ2n) is 1.17. The SMILES string of the molecule is O=C(O)CCN(Cl)Br. The second kappa shape index (κ2) is 4.12. The molecule has 0 aromatic carbocycles. The Morgan fingerprint density at radius 1 is 1.88 bits per heavy atom. The fourth-order valence-corrected chi connectivity index (χ4v) is 0.442. The van der Waals surface area contributed by atoms with Crippen LogP contribution in [-0.4, -0.2) is 21.1 Å². The lowest BCUT2D eigenvalue weighted by atomic mass is 10.5. The standard InChI is InChI=1S/C3H5BrClNO2/c4-6(5)2-1-3(7)8/h1-2H2,(H,7,8). The molecule has 0 amide bonds. The molecular weight excluding hydrogens is 197 g/mol. The van der Waals surface area contributed by atoms with Crippen LogP contribution < -0.4 is 0 Å². The van der Waals surface area contributed by atoms with Crippen LogP contribution >= 0.6 is 27.9 Å². The van der Waals surface area contributed by atoms with Gasteiger partial charge in [-0.1, -0.05) is 0 Å². The van der Waals surface area contributed by atoms with E-state index in [0.29, 0.717) is 6.54 Å². The number of halogens is 2. The minimum Gasteiger partial charge on any atom is -0.481 e. The predicted octanol–water partition coefficient (Wildman–Crippen LogP) is 1.23. The van der Waals surface area contributed by atoms with E-state index in [0.717, 1.165) is 3.45 Å². The lowest BCUT2D eigenvalue weighted by Gasteiger charge is -1.97. The van der Waals surface area contributed by atoms with Crippen molar-refractivity contribution in [2.45, 2.75) is 6.42 Å². The van der Waals surface area contributed by atoms with Crippen LogP contribution in [0.4, 0.5) is 0 Å². The highest BCUT2D eigenvalue weighted by molar-refractivity contribution is 9.08. The number of hydrogen-bond donors (Lipinski definition) is 1. The van der Waals surface area contributed by atoms with Gasteiger partial charge in [-0.15, -0.1) is 0 Å². The third-order valence-corrected chi connectivity index (χ3v) is 1.02. The highest BCUT2D eigenvalue weighted by Gasteiger charge is 1.98. The molecule has 0 aliphatic heterocycles. The van der Waals surface area contributed by atoms with Crippen LogP contribution in [-0.2, 0) is 4.79 Å². The van der Waals surface area contributed by atoms with E-state index in [1.54, 1.807) is 0 Å². The molecule has 0 saturated carbocycles. The van der Waals surface area contributed by atoms with Gasteiger partial charge in [0, 0.05) is 22.7 Å². The molecule has 0 aliphatic carbocycles. The van der Waals surface area contributed by atoms with Crippen molar-refractivity contribution in [2.24, 2.45) is 0 Å². The molecule has 0 spiro atoms. The molecule has 0 aliphatic rings. The Hall–Kier alpha value is 0.200. The first kappa shape index (κ1) is 8.20. The first-order valence-corrected chi connectivity index (χ1v) is 2.98. The van der Waals surface area contributed by atoms with Crippen molar-refractivity contribution < 1.29 is 9.90 Å². The Morgan fingerprint density at radius 3 is 2.50 bits per heavy atom. The molecule has 0 radical (unpaired) electrons. The molecule has 1 N–H and O–H groups in total. The van der Waals surface area contributed by atoms with Crippen LogP contribution in [0.25, 0.3) is 0 Å². The maximum atomic E-state index is 9.80. The van der Waals surface area contributed by atoms with Gasteiger partial charge in [0.15, 0.2) is 0 Å². The Balaban J connectivity index is 3.05. The van der Waals surface area contributed by atoms with E-state index in [-0.39, 0.29) is 6.42 Å². The molecule has 0 bridgehead atoms. The van der Waals surface area contributed by atoms with E-state index in [2.05, 4.69) is 16.1 Å². The van der Waals surface area contributed by atoms with Gasteiger partial charge < -0.3 is 5.11 Å². The van der Waals surface area contributed by atoms with Gasteiger partial charge in [-0.25, -0.2) is 0 Å². The van der Waals surface area contributed by atoms with Gasteiger partial charge in [0.1, 0.15) is 0 Å². The fraction of sp³-hybridized carbons (Fsp3) is 0.667. The van der Waals surface area contributed by atoms with Gasteiger partial charge >= 0.3 is 5.97 Å². The summed E-state index contributed by atoms with van der Waals surface area (Å²) in [5.41, 5.74) is 0. The van der Waals surface area contributed by atoms with Crippen molar-refractivity contribution >= 4 is 33.9 Å². The minimum atomic E-state index is -0.852. The largest absolute Gasteiger partial charge is 0.481 e. The summed E-state index contributed by atoms with van der Waals surface area (Å²) in [6.07, 6.45) is 0.0503. The second-order valence-corrected chi connectivity index (χ2v) is 2.84. The summed E-state index contributed by atoms with van der Waals surface area (Å²) >= 11 is 8.05. The molecule has 0 atom stereocenters. The van der Waals surface area contributed by atoms with Gasteiger partial charge in [-0.3, -0.25) is 4.79 Å². The van der Waals surface area contributed by atoms with Crippen LogP contribution in [0.5, 0.6) is 0 Å². The third-order valence-electron chi connectivity index (χ3n) is 0.495. The minimum absolute atomic E-state index is 0.0503. The molecule has 0 unspecified atom stereocenters. The van der Waals surface area contributed by atoms with Crippen LogP contribution in [0, 0.1) is 0 Å². The normalized spacial score (nSPS) is 9.88. The first-order valence-electron chi connectivity index (χ1n) is 1.94. The Morgan fingerprint density at radius 2 is 2.38 bits per heavy atom. The van der Waals surface area contributed by atoms with Crippen molar-refractivity contribution in [3.8, 4) is 0 Å². The predicted molar refractivity (Wildman–Crippen MR) is 33.7 cm³/mol. The van der Waals surface area contributed by atoms with E-state index in [4.69, 9.17) is 16.9 Å². The Kier molecular flexibility index (Phi) is 4.22. The third kappa shape index (κ3) is 6.20. The van der Waals surface area contributed by atoms with Gasteiger partial charge in [0.2, 0.25) is 0 Å². The van der Waals surface area contributed by atoms with E-state index >= 15 is 0 Å². The zero-order valence-electron chi connectivity index (χ0n) is 3.97. The highest BCUT2D eigenvalue weighted by Crippen LogP contribution is 2.01. The molecule has 0 fully saturated rings. The molecular formula is C3H5BrClNO2. The molecule has 3 nitrogen and oxygen atoms in total. The number of carbonyl (C=O) groups is 1. The quantitative estimate of drug-likeness (QED) is 0.700. The zero-order chi connectivity index (χ0) is 6.57. The van der Waals surface area contributed by atoms with Gasteiger partial charge in [-0.2, -0.15) is 3.45 Å². The lowest BCUT2D eigenvalue weighted by Crippen LogP contribution is -2.05. The van der Waals surface area contributed by atoms with Crippen LogP contribution in [0.2, 0.25) is 0 Å². The summed E-state index contributed by atoms with van der Waals surface area (Å²) in [6, 6.07) is 0. The number of nitrogens with zero attached hydrogens (tertiary/aromatic N) is 1. The molecule has 5 heteroatoms. The molecule has 0 aromatic heterocycles. The zero-order valence-corrected chi connectivity index (χ0v) is 6.31. The summed E-state index contributed by atoms with van der Waals surface area (Å²) in [5.74, 6) is -0.852. The van der Waals surface area contributed by atoms with Crippen molar-refractivity contribution in [3.05, 3.63) is 0 Å². The first-order chi connectivity index (χ1) is 3.63. The average Bonchev–Trinajstić information content (AvgIpc) is 1.61. The molecule has 0 saturated heterocycles. The van der Waals surface area contributed by atoms with Crippen molar-refractivity contribution in [1.82, 2.24) is 3.45 Å². The van der Waals surface area contributed by atoms with E-state index in [9.17, 15) is 4.79 Å². The molecule has 0 aromatic rings. The highest BCUT2D eigenvalue weighted by atomic mass is 79.9. The number of hydrogen-bond acceptors (Lipinski definition) is 2. The number of rotatable bonds is 3. The number of carboxylic acid groups (broad SMARTS) is 1. The summed E-state index contributed by atoms with van der Waals surface area (Å²) in [5, 5.41) is 8.06. The van der Waals surface area contributed by atoms with Crippen molar-refractivity contribution in [2.75, 3.05) is 6.54 Å². The smallest absolute Gasteiger partial charge is 0.304 e. The van der Waals surface area contributed by atoms with E-state index < -0.39 is 5.97 Å². The maximum absolute atomic E-state index is 9.80. The molecule has 0 heterocycles. The summed E-state index contributed by atoms with van der Waals surface area (Å²) < 4.78 is 1.13. The van der Waals surface area contributed by atoms with Gasteiger partial charge in [-0.05, 0) is 11.8 Å². The van der Waals surface area contributed by atoms with Gasteiger partial charge in [0.05, 0.1) is 6.42 Å².